The molecular formula is C9H16N4O2S2. The lowest BCUT2D eigenvalue weighted by molar-refractivity contribution is 0.525. The number of nitrogens with one attached hydrogen (secondary N) is 2. The fourth-order valence-electron chi connectivity index (χ4n) is 1.77. The summed E-state index contributed by atoms with van der Waals surface area (Å²) < 4.78 is 26.9. The van der Waals surface area contributed by atoms with Crippen molar-refractivity contribution in [1.29, 1.82) is 0 Å². The van der Waals surface area contributed by atoms with Gasteiger partial charge in [-0.2, -0.15) is 16.9 Å². The van der Waals surface area contributed by atoms with Crippen molar-refractivity contribution in [1.82, 2.24) is 14.9 Å². The summed E-state index contributed by atoms with van der Waals surface area (Å²) in [4.78, 5) is 0. The lowest BCUT2D eigenvalue weighted by Gasteiger charge is -2.22. The predicted molar refractivity (Wildman–Crippen MR) is 67.1 cm³/mol. The van der Waals surface area contributed by atoms with Gasteiger partial charge in [-0.1, -0.05) is 0 Å². The highest BCUT2D eigenvalue weighted by Crippen LogP contribution is 2.19. The molecule has 8 heteroatoms. The third-order valence-electron chi connectivity index (χ3n) is 2.71. The Morgan fingerprint density at radius 3 is 2.88 bits per heavy atom. The highest BCUT2D eigenvalue weighted by molar-refractivity contribution is 7.99. The minimum atomic E-state index is -3.52. The van der Waals surface area contributed by atoms with Gasteiger partial charge in [-0.3, -0.25) is 5.10 Å². The zero-order valence-corrected chi connectivity index (χ0v) is 11.0. The van der Waals surface area contributed by atoms with Crippen molar-refractivity contribution < 1.29 is 8.42 Å². The SMILES string of the molecule is NCc1cn[nH]c1S(=O)(=O)NC1CCSCC1. The summed E-state index contributed by atoms with van der Waals surface area (Å²) in [5.74, 6) is 2.00. The smallest absolute Gasteiger partial charge is 0.258 e. The first kappa shape index (κ1) is 12.9. The lowest BCUT2D eigenvalue weighted by Crippen LogP contribution is -2.37. The van der Waals surface area contributed by atoms with Gasteiger partial charge in [-0.05, 0) is 24.3 Å². The van der Waals surface area contributed by atoms with Crippen molar-refractivity contribution in [2.24, 2.45) is 5.73 Å². The fraction of sp³-hybridized carbons (Fsp3) is 0.667. The van der Waals surface area contributed by atoms with Crippen LogP contribution in [0.15, 0.2) is 11.2 Å². The Kier molecular flexibility index (Phi) is 4.08. The minimum absolute atomic E-state index is 0.0233. The summed E-state index contributed by atoms with van der Waals surface area (Å²) in [6, 6.07) is 0.0233. The van der Waals surface area contributed by atoms with E-state index in [-0.39, 0.29) is 17.6 Å². The maximum Gasteiger partial charge on any atom is 0.258 e. The van der Waals surface area contributed by atoms with Gasteiger partial charge in [0, 0.05) is 18.2 Å². The van der Waals surface area contributed by atoms with Crippen molar-refractivity contribution in [2.45, 2.75) is 30.5 Å². The van der Waals surface area contributed by atoms with Crippen molar-refractivity contribution in [3.05, 3.63) is 11.8 Å². The number of nitrogens with zero attached hydrogens (tertiary/aromatic N) is 1. The van der Waals surface area contributed by atoms with E-state index in [1.165, 1.54) is 6.20 Å². The molecule has 0 atom stereocenters. The molecule has 4 N–H and O–H groups in total. The van der Waals surface area contributed by atoms with E-state index in [9.17, 15) is 8.42 Å². The number of sulfonamides is 1. The van der Waals surface area contributed by atoms with E-state index in [4.69, 9.17) is 5.73 Å². The van der Waals surface area contributed by atoms with Crippen LogP contribution in [-0.4, -0.2) is 36.2 Å². The van der Waals surface area contributed by atoms with Crippen molar-refractivity contribution in [3.8, 4) is 0 Å². The predicted octanol–water partition coefficient (Wildman–Crippen LogP) is 0.0423. The Balaban J connectivity index is 2.13. The first-order chi connectivity index (χ1) is 8.13. The summed E-state index contributed by atoms with van der Waals surface area (Å²) in [7, 11) is -3.52. The number of thioether (sulfide) groups is 1. The van der Waals surface area contributed by atoms with Crippen LogP contribution in [0.2, 0.25) is 0 Å². The number of hydrogen-bond acceptors (Lipinski definition) is 5. The molecule has 0 aliphatic carbocycles. The topological polar surface area (TPSA) is 101 Å². The van der Waals surface area contributed by atoms with Crippen LogP contribution in [0.3, 0.4) is 0 Å². The number of nitrogens with two attached hydrogens (primary N) is 1. The van der Waals surface area contributed by atoms with E-state index in [0.717, 1.165) is 24.3 Å². The van der Waals surface area contributed by atoms with Gasteiger partial charge in [0.1, 0.15) is 0 Å². The molecule has 1 saturated heterocycles. The van der Waals surface area contributed by atoms with Gasteiger partial charge in [-0.25, -0.2) is 13.1 Å². The first-order valence-electron chi connectivity index (χ1n) is 5.46. The largest absolute Gasteiger partial charge is 0.326 e. The molecule has 1 aromatic rings. The Hall–Kier alpha value is -0.570. The van der Waals surface area contributed by atoms with Crippen LogP contribution in [0.1, 0.15) is 18.4 Å². The van der Waals surface area contributed by atoms with Crippen LogP contribution < -0.4 is 10.5 Å². The first-order valence-corrected chi connectivity index (χ1v) is 8.09. The number of H-pyrrole nitrogens is 1. The molecule has 6 nitrogen and oxygen atoms in total. The molecule has 0 radical (unpaired) electrons. The monoisotopic (exact) mass is 276 g/mol. The van der Waals surface area contributed by atoms with E-state index in [1.807, 2.05) is 11.8 Å². The van der Waals surface area contributed by atoms with Gasteiger partial charge >= 0.3 is 0 Å². The third kappa shape index (κ3) is 3.01. The van der Waals surface area contributed by atoms with Crippen LogP contribution in [-0.2, 0) is 16.6 Å². The molecule has 0 amide bonds. The highest BCUT2D eigenvalue weighted by Gasteiger charge is 2.25. The summed E-state index contributed by atoms with van der Waals surface area (Å²) in [5.41, 5.74) is 5.99. The quantitative estimate of drug-likeness (QED) is 0.721. The third-order valence-corrected chi connectivity index (χ3v) is 5.29. The fourth-order valence-corrected chi connectivity index (χ4v) is 4.32. The molecule has 1 fully saturated rings. The molecule has 1 aliphatic rings. The highest BCUT2D eigenvalue weighted by atomic mass is 32.2. The molecule has 1 aromatic heterocycles. The number of aromatic nitrogens is 2. The molecule has 0 saturated carbocycles. The van der Waals surface area contributed by atoms with E-state index in [0.29, 0.717) is 5.56 Å². The molecule has 0 unspecified atom stereocenters. The maximum atomic E-state index is 12.1. The van der Waals surface area contributed by atoms with Gasteiger partial charge in [-0.15, -0.1) is 0 Å². The minimum Gasteiger partial charge on any atom is -0.326 e. The Labute approximate surface area is 105 Å². The lowest BCUT2D eigenvalue weighted by atomic mass is 10.2. The standard InChI is InChI=1S/C9H16N4O2S2/c10-5-7-6-11-12-9(7)17(14,15)13-8-1-3-16-4-2-8/h6,8,13H,1-5,10H2,(H,11,12). The summed E-state index contributed by atoms with van der Waals surface area (Å²) in [5, 5.41) is 6.32. The van der Waals surface area contributed by atoms with E-state index >= 15 is 0 Å². The zero-order valence-electron chi connectivity index (χ0n) is 9.35. The molecule has 0 aromatic carbocycles. The van der Waals surface area contributed by atoms with Gasteiger partial charge in [0.25, 0.3) is 10.0 Å². The average Bonchev–Trinajstić information content (AvgIpc) is 2.78. The molecule has 1 aliphatic heterocycles. The summed E-state index contributed by atoms with van der Waals surface area (Å²) in [6.07, 6.45) is 3.19. The van der Waals surface area contributed by atoms with Crippen LogP contribution >= 0.6 is 11.8 Å². The summed E-state index contributed by atoms with van der Waals surface area (Å²) in [6.45, 7) is 0.160. The second kappa shape index (κ2) is 5.38. The molecule has 0 spiro atoms. The summed E-state index contributed by atoms with van der Waals surface area (Å²) >= 11 is 1.85. The van der Waals surface area contributed by atoms with Gasteiger partial charge in [0.15, 0.2) is 5.03 Å². The molecule has 2 heterocycles. The number of hydrogen-bond donors (Lipinski definition) is 3. The normalized spacial score (nSPS) is 18.4. The maximum absolute atomic E-state index is 12.1. The van der Waals surface area contributed by atoms with Crippen molar-refractivity contribution in [2.75, 3.05) is 11.5 Å². The van der Waals surface area contributed by atoms with Gasteiger partial charge in [0.05, 0.1) is 6.20 Å². The molecule has 0 bridgehead atoms. The zero-order chi connectivity index (χ0) is 12.3. The van der Waals surface area contributed by atoms with Crippen LogP contribution in [0.25, 0.3) is 0 Å². The van der Waals surface area contributed by atoms with Gasteiger partial charge < -0.3 is 5.73 Å². The number of rotatable bonds is 4. The molecule has 2 rings (SSSR count). The van der Waals surface area contributed by atoms with E-state index in [2.05, 4.69) is 14.9 Å². The Bertz CT molecular complexity index is 465. The second-order valence-electron chi connectivity index (χ2n) is 3.94. The Morgan fingerprint density at radius 2 is 2.24 bits per heavy atom. The van der Waals surface area contributed by atoms with Crippen molar-refractivity contribution >= 4 is 21.8 Å². The van der Waals surface area contributed by atoms with Gasteiger partial charge in [0.2, 0.25) is 0 Å². The average molecular weight is 276 g/mol. The van der Waals surface area contributed by atoms with Crippen molar-refractivity contribution in [3.63, 3.8) is 0 Å². The van der Waals surface area contributed by atoms with Crippen LogP contribution in [0, 0.1) is 0 Å². The van der Waals surface area contributed by atoms with Crippen LogP contribution in [0.5, 0.6) is 0 Å². The molecular weight excluding hydrogens is 260 g/mol. The molecule has 17 heavy (non-hydrogen) atoms. The van der Waals surface area contributed by atoms with E-state index in [1.54, 1.807) is 0 Å². The number of aromatic amines is 1. The Morgan fingerprint density at radius 1 is 1.53 bits per heavy atom. The van der Waals surface area contributed by atoms with E-state index < -0.39 is 10.0 Å². The molecule has 96 valence electrons. The second-order valence-corrected chi connectivity index (χ2v) is 6.81. The van der Waals surface area contributed by atoms with Crippen LogP contribution in [0.4, 0.5) is 0 Å².